The Balaban J connectivity index is 1.41. The summed E-state index contributed by atoms with van der Waals surface area (Å²) in [6.07, 6.45) is 9.77. The lowest BCUT2D eigenvalue weighted by Gasteiger charge is -2.49. The summed E-state index contributed by atoms with van der Waals surface area (Å²) in [7, 11) is 6.21. The second-order valence-electron chi connectivity index (χ2n) is 9.77. The lowest BCUT2D eigenvalue weighted by atomic mass is 9.64. The van der Waals surface area contributed by atoms with Crippen LogP contribution in [-0.2, 0) is 15.1 Å². The maximum atomic E-state index is 12.9. The molecule has 28 heavy (non-hydrogen) atoms. The lowest BCUT2D eigenvalue weighted by Crippen LogP contribution is -2.48. The third kappa shape index (κ3) is 3.39. The summed E-state index contributed by atoms with van der Waals surface area (Å²) < 4.78 is 5.69. The Hall–Kier alpha value is -1.39. The molecule has 1 heterocycles. The molecule has 0 atom stereocenters. The first kappa shape index (κ1) is 19.9. The van der Waals surface area contributed by atoms with Gasteiger partial charge < -0.3 is 9.64 Å². The van der Waals surface area contributed by atoms with Crippen LogP contribution in [0.5, 0.6) is 0 Å². The van der Waals surface area contributed by atoms with Crippen molar-refractivity contribution in [1.29, 1.82) is 0 Å². The van der Waals surface area contributed by atoms with Crippen molar-refractivity contribution in [2.45, 2.75) is 68.9 Å². The summed E-state index contributed by atoms with van der Waals surface area (Å²) in [5.74, 6) is 0.311. The van der Waals surface area contributed by atoms with Gasteiger partial charge in [0.2, 0.25) is 5.91 Å². The number of ether oxygens (including phenoxy) is 1. The minimum Gasteiger partial charge on any atom is -0.378 e. The van der Waals surface area contributed by atoms with E-state index in [0.29, 0.717) is 17.7 Å². The number of likely N-dealkylation sites (tertiary alicyclic amines) is 1. The number of hydrogen-bond donors (Lipinski definition) is 0. The molecule has 4 rings (SSSR count). The van der Waals surface area contributed by atoms with Gasteiger partial charge in [-0.3, -0.25) is 9.69 Å². The second-order valence-corrected chi connectivity index (χ2v) is 9.77. The highest BCUT2D eigenvalue weighted by molar-refractivity contribution is 5.78. The highest BCUT2D eigenvalue weighted by Gasteiger charge is 2.49. The summed E-state index contributed by atoms with van der Waals surface area (Å²) in [5.41, 5.74) is 1.74. The number of rotatable bonds is 5. The molecule has 0 bridgehead atoms. The van der Waals surface area contributed by atoms with E-state index in [4.69, 9.17) is 4.74 Å². The van der Waals surface area contributed by atoms with Gasteiger partial charge in [0.25, 0.3) is 0 Å². The molecule has 1 aromatic rings. The van der Waals surface area contributed by atoms with E-state index in [0.717, 1.165) is 32.4 Å². The van der Waals surface area contributed by atoms with Crippen LogP contribution in [0.2, 0.25) is 0 Å². The fraction of sp³-hybridized carbons (Fsp3) is 0.708. The van der Waals surface area contributed by atoms with Crippen LogP contribution in [0.15, 0.2) is 30.3 Å². The monoisotopic (exact) mass is 384 g/mol. The van der Waals surface area contributed by atoms with Crippen LogP contribution in [0.1, 0.15) is 63.4 Å². The van der Waals surface area contributed by atoms with Crippen molar-refractivity contribution in [3.8, 4) is 0 Å². The molecule has 1 amide bonds. The van der Waals surface area contributed by atoms with E-state index in [-0.39, 0.29) is 11.1 Å². The summed E-state index contributed by atoms with van der Waals surface area (Å²) in [4.78, 5) is 17.5. The van der Waals surface area contributed by atoms with Crippen LogP contribution >= 0.6 is 0 Å². The number of hydrogen-bond acceptors (Lipinski definition) is 3. The average molecular weight is 385 g/mol. The number of carbonyl (C=O) groups excluding carboxylic acids is 1. The zero-order valence-corrected chi connectivity index (χ0v) is 17.9. The van der Waals surface area contributed by atoms with Gasteiger partial charge in [-0.2, -0.15) is 0 Å². The smallest absolute Gasteiger partial charge is 0.225 e. The highest BCUT2D eigenvalue weighted by Crippen LogP contribution is 2.52. The second kappa shape index (κ2) is 7.46. The van der Waals surface area contributed by atoms with Gasteiger partial charge in [0, 0.05) is 25.7 Å². The highest BCUT2D eigenvalue weighted by atomic mass is 16.5. The van der Waals surface area contributed by atoms with Gasteiger partial charge in [0.1, 0.15) is 0 Å². The van der Waals surface area contributed by atoms with Crippen molar-refractivity contribution in [2.75, 3.05) is 34.3 Å². The Morgan fingerprint density at radius 2 is 1.71 bits per heavy atom. The van der Waals surface area contributed by atoms with Gasteiger partial charge in [0.15, 0.2) is 0 Å². The first-order chi connectivity index (χ1) is 13.4. The molecular weight excluding hydrogens is 348 g/mol. The van der Waals surface area contributed by atoms with Gasteiger partial charge in [-0.05, 0) is 76.4 Å². The van der Waals surface area contributed by atoms with Crippen LogP contribution in [0.4, 0.5) is 0 Å². The van der Waals surface area contributed by atoms with Gasteiger partial charge in [0.05, 0.1) is 12.0 Å². The zero-order valence-electron chi connectivity index (χ0n) is 17.9. The van der Waals surface area contributed by atoms with Gasteiger partial charge >= 0.3 is 0 Å². The molecule has 0 unspecified atom stereocenters. The molecule has 3 aliphatic rings. The largest absolute Gasteiger partial charge is 0.378 e. The fourth-order valence-corrected chi connectivity index (χ4v) is 5.90. The van der Waals surface area contributed by atoms with Crippen molar-refractivity contribution in [1.82, 2.24) is 9.80 Å². The SMILES string of the molecule is COC1(CC(=O)N2CCC3(CCC(c4ccccc4)(N(C)C)CC3)C2)CCC1. The van der Waals surface area contributed by atoms with Crippen LogP contribution in [-0.4, -0.2) is 55.6 Å². The van der Waals surface area contributed by atoms with Crippen molar-refractivity contribution in [2.24, 2.45) is 5.41 Å². The zero-order chi connectivity index (χ0) is 19.8. The number of nitrogens with zero attached hydrogens (tertiary/aromatic N) is 2. The van der Waals surface area contributed by atoms with Crippen LogP contribution in [0.3, 0.4) is 0 Å². The van der Waals surface area contributed by atoms with Crippen LogP contribution in [0.25, 0.3) is 0 Å². The Kier molecular flexibility index (Phi) is 5.30. The molecule has 1 aromatic carbocycles. The summed E-state index contributed by atoms with van der Waals surface area (Å²) >= 11 is 0. The molecule has 1 saturated heterocycles. The molecule has 0 aromatic heterocycles. The van der Waals surface area contributed by atoms with Crippen molar-refractivity contribution >= 4 is 5.91 Å². The minimum atomic E-state index is -0.160. The topological polar surface area (TPSA) is 32.8 Å². The number of amides is 1. The fourth-order valence-electron chi connectivity index (χ4n) is 5.90. The van der Waals surface area contributed by atoms with Crippen LogP contribution in [0, 0.1) is 5.41 Å². The molecule has 4 nitrogen and oxygen atoms in total. The van der Waals surface area contributed by atoms with E-state index < -0.39 is 0 Å². The van der Waals surface area contributed by atoms with Crippen molar-refractivity contribution < 1.29 is 9.53 Å². The Bertz CT molecular complexity index is 682. The van der Waals surface area contributed by atoms with Gasteiger partial charge in [-0.15, -0.1) is 0 Å². The Labute approximate surface area is 170 Å². The number of benzene rings is 1. The lowest BCUT2D eigenvalue weighted by molar-refractivity contribution is -0.143. The molecule has 4 heteroatoms. The number of methoxy groups -OCH3 is 1. The third-order valence-corrected chi connectivity index (χ3v) is 8.27. The Morgan fingerprint density at radius 1 is 1.04 bits per heavy atom. The van der Waals surface area contributed by atoms with Crippen molar-refractivity contribution in [3.63, 3.8) is 0 Å². The molecular formula is C24H36N2O2. The molecule has 1 aliphatic heterocycles. The first-order valence-corrected chi connectivity index (χ1v) is 11.0. The quantitative estimate of drug-likeness (QED) is 0.763. The average Bonchev–Trinajstić information content (AvgIpc) is 3.10. The summed E-state index contributed by atoms with van der Waals surface area (Å²) in [6.45, 7) is 1.88. The maximum absolute atomic E-state index is 12.9. The number of carbonyl (C=O) groups is 1. The predicted molar refractivity (Wildman–Crippen MR) is 112 cm³/mol. The van der Waals surface area contributed by atoms with Gasteiger partial charge in [-0.1, -0.05) is 30.3 Å². The summed E-state index contributed by atoms with van der Waals surface area (Å²) in [6, 6.07) is 11.0. The summed E-state index contributed by atoms with van der Waals surface area (Å²) in [5, 5.41) is 0. The Morgan fingerprint density at radius 3 is 2.25 bits per heavy atom. The predicted octanol–water partition coefficient (Wildman–Crippen LogP) is 4.20. The van der Waals surface area contributed by atoms with E-state index in [9.17, 15) is 4.79 Å². The molecule has 0 radical (unpaired) electrons. The van der Waals surface area contributed by atoms with Gasteiger partial charge in [-0.25, -0.2) is 0 Å². The standard InChI is InChI=1S/C24H36N2O2/c1-25(2)24(20-8-5-4-6-9-20)14-12-22(13-15-24)16-17-26(19-22)21(27)18-23(28-3)10-7-11-23/h4-6,8-9H,7,10-19H2,1-3H3. The van der Waals surface area contributed by atoms with E-state index in [2.05, 4.69) is 54.2 Å². The minimum absolute atomic E-state index is 0.135. The maximum Gasteiger partial charge on any atom is 0.225 e. The third-order valence-electron chi connectivity index (χ3n) is 8.27. The van der Waals surface area contributed by atoms with E-state index in [1.54, 1.807) is 7.11 Å². The molecule has 3 fully saturated rings. The van der Waals surface area contributed by atoms with E-state index in [1.165, 1.54) is 37.7 Å². The van der Waals surface area contributed by atoms with Crippen LogP contribution < -0.4 is 0 Å². The van der Waals surface area contributed by atoms with E-state index in [1.807, 2.05) is 0 Å². The normalized spacial score (nSPS) is 31.9. The molecule has 2 aliphatic carbocycles. The molecule has 154 valence electrons. The first-order valence-electron chi connectivity index (χ1n) is 11.0. The van der Waals surface area contributed by atoms with Crippen molar-refractivity contribution in [3.05, 3.63) is 35.9 Å². The van der Waals surface area contributed by atoms with E-state index >= 15 is 0 Å². The molecule has 2 saturated carbocycles. The molecule has 0 N–H and O–H groups in total. The molecule has 1 spiro atoms.